The Kier molecular flexibility index (Phi) is 4.97. The number of rotatable bonds is 5. The molecule has 3 N–H and O–H groups in total. The number of halogens is 4. The number of hydrogen-bond donors (Lipinski definition) is 2. The van der Waals surface area contributed by atoms with Crippen LogP contribution < -0.4 is 10.0 Å². The summed E-state index contributed by atoms with van der Waals surface area (Å²) >= 11 is 6.30. The molecule has 1 spiro atoms. The van der Waals surface area contributed by atoms with Gasteiger partial charge in [-0.05, 0) is 12.8 Å². The summed E-state index contributed by atoms with van der Waals surface area (Å²) in [5, 5.41) is 15.6. The van der Waals surface area contributed by atoms with Crippen LogP contribution in [0.15, 0.2) is 12.5 Å². The number of anilines is 1. The molecule has 1 unspecified atom stereocenters. The first-order valence-electron chi connectivity index (χ1n) is 9.06. The van der Waals surface area contributed by atoms with Gasteiger partial charge < -0.3 is 14.6 Å². The summed E-state index contributed by atoms with van der Waals surface area (Å²) in [4.78, 5) is 10.5. The number of alkyl halides is 3. The molecule has 1 atom stereocenters. The molecule has 2 aliphatic rings. The van der Waals surface area contributed by atoms with Crippen molar-refractivity contribution in [3.63, 3.8) is 0 Å². The number of hydrogen-bond acceptors (Lipinski definition) is 6. The number of fused-ring (bicyclic) bond motifs is 1. The third kappa shape index (κ3) is 3.62. The molecule has 2 aromatic heterocycles. The molecule has 0 radical (unpaired) electrons. The number of aliphatic hydroxyl groups is 1. The number of nitrogens with zero attached hydrogens (tertiary/aromatic N) is 5. The van der Waals surface area contributed by atoms with E-state index in [2.05, 4.69) is 9.97 Å². The predicted octanol–water partition coefficient (Wildman–Crippen LogP) is 1.02. The van der Waals surface area contributed by atoms with Crippen molar-refractivity contribution in [2.24, 2.45) is 17.6 Å². The molecule has 9 nitrogen and oxygen atoms in total. The maximum absolute atomic E-state index is 12.7. The molecule has 1 aliphatic carbocycles. The van der Waals surface area contributed by atoms with Crippen molar-refractivity contribution in [3.8, 4) is 0 Å². The van der Waals surface area contributed by atoms with E-state index in [0.717, 1.165) is 0 Å². The van der Waals surface area contributed by atoms with Crippen LogP contribution in [0.25, 0.3) is 11.0 Å². The maximum atomic E-state index is 12.7. The molecule has 1 aliphatic heterocycles. The molecule has 1 saturated carbocycles. The van der Waals surface area contributed by atoms with E-state index in [1.807, 2.05) is 11.9 Å². The second kappa shape index (κ2) is 6.92. The highest BCUT2D eigenvalue weighted by Crippen LogP contribution is 2.52. The molecule has 166 valence electrons. The molecule has 2 fully saturated rings. The monoisotopic (exact) mass is 468 g/mol. The van der Waals surface area contributed by atoms with Gasteiger partial charge in [0.1, 0.15) is 17.8 Å². The van der Waals surface area contributed by atoms with E-state index in [1.165, 1.54) is 6.33 Å². The summed E-state index contributed by atoms with van der Waals surface area (Å²) in [5.41, 5.74) is 0.439. The number of aryl methyl sites for hydroxylation is 1. The molecule has 30 heavy (non-hydrogen) atoms. The molecule has 4 rings (SSSR count). The van der Waals surface area contributed by atoms with E-state index in [1.54, 1.807) is 10.8 Å². The quantitative estimate of drug-likeness (QED) is 0.676. The van der Waals surface area contributed by atoms with E-state index in [4.69, 9.17) is 16.7 Å². The Morgan fingerprint density at radius 1 is 1.40 bits per heavy atom. The average molecular weight is 469 g/mol. The SMILES string of the molecule is Cn1cc(Cl)c2c(N3CC4(CC(N(CC(O)C(F)(F)F)S(N)(=O)=O)C4)C3)ncnc21. The highest BCUT2D eigenvalue weighted by Gasteiger charge is 2.56. The van der Waals surface area contributed by atoms with Crippen molar-refractivity contribution in [2.75, 3.05) is 24.5 Å². The molecule has 0 bridgehead atoms. The van der Waals surface area contributed by atoms with Crippen LogP contribution in [0.4, 0.5) is 19.0 Å². The van der Waals surface area contributed by atoms with Gasteiger partial charge in [-0.15, -0.1) is 0 Å². The zero-order chi connectivity index (χ0) is 22.1. The van der Waals surface area contributed by atoms with Gasteiger partial charge >= 0.3 is 6.18 Å². The highest BCUT2D eigenvalue weighted by molar-refractivity contribution is 7.86. The fraction of sp³-hybridized carbons (Fsp3) is 0.625. The zero-order valence-corrected chi connectivity index (χ0v) is 17.4. The summed E-state index contributed by atoms with van der Waals surface area (Å²) in [7, 11) is -2.58. The van der Waals surface area contributed by atoms with Gasteiger partial charge in [-0.25, -0.2) is 15.1 Å². The molecular formula is C16H20ClF3N6O3S. The van der Waals surface area contributed by atoms with Crippen molar-refractivity contribution in [1.82, 2.24) is 18.8 Å². The largest absolute Gasteiger partial charge is 0.415 e. The Labute approximate surface area is 175 Å². The molecular weight excluding hydrogens is 449 g/mol. The lowest BCUT2D eigenvalue weighted by molar-refractivity contribution is -0.207. The second-order valence-corrected chi connectivity index (χ2v) is 9.98. The van der Waals surface area contributed by atoms with E-state index in [0.29, 0.717) is 52.1 Å². The first-order chi connectivity index (χ1) is 13.8. The minimum absolute atomic E-state index is 0.241. The Morgan fingerprint density at radius 3 is 2.60 bits per heavy atom. The van der Waals surface area contributed by atoms with Gasteiger partial charge in [0.15, 0.2) is 6.10 Å². The van der Waals surface area contributed by atoms with Gasteiger partial charge in [0, 0.05) is 37.8 Å². The first-order valence-corrected chi connectivity index (χ1v) is 10.9. The van der Waals surface area contributed by atoms with Crippen LogP contribution in [-0.2, 0) is 17.3 Å². The van der Waals surface area contributed by atoms with Gasteiger partial charge in [-0.3, -0.25) is 0 Å². The van der Waals surface area contributed by atoms with E-state index in [9.17, 15) is 26.7 Å². The number of aliphatic hydroxyl groups excluding tert-OH is 1. The van der Waals surface area contributed by atoms with Crippen molar-refractivity contribution in [3.05, 3.63) is 17.5 Å². The molecule has 3 heterocycles. The summed E-state index contributed by atoms with van der Waals surface area (Å²) in [6.07, 6.45) is -3.85. The Hall–Kier alpha value is -1.67. The summed E-state index contributed by atoms with van der Waals surface area (Å²) in [5.74, 6) is 0.662. The predicted molar refractivity (Wildman–Crippen MR) is 103 cm³/mol. The molecule has 14 heteroatoms. The smallest absolute Gasteiger partial charge is 0.382 e. The Morgan fingerprint density at radius 2 is 2.03 bits per heavy atom. The van der Waals surface area contributed by atoms with Gasteiger partial charge in [-0.2, -0.15) is 25.9 Å². The van der Waals surface area contributed by atoms with E-state index in [-0.39, 0.29) is 5.41 Å². The topological polar surface area (TPSA) is 118 Å². The zero-order valence-electron chi connectivity index (χ0n) is 15.8. The van der Waals surface area contributed by atoms with Crippen molar-refractivity contribution in [2.45, 2.75) is 31.2 Å². The van der Waals surface area contributed by atoms with Gasteiger partial charge in [0.25, 0.3) is 10.2 Å². The van der Waals surface area contributed by atoms with Crippen LogP contribution in [0.3, 0.4) is 0 Å². The normalized spacial score (nSPS) is 20.6. The van der Waals surface area contributed by atoms with Crippen molar-refractivity contribution < 1.29 is 26.7 Å². The van der Waals surface area contributed by atoms with E-state index >= 15 is 0 Å². The minimum atomic E-state index is -4.93. The number of aromatic nitrogens is 3. The summed E-state index contributed by atoms with van der Waals surface area (Å²) in [6.45, 7) is 0.00118. The van der Waals surface area contributed by atoms with Crippen LogP contribution in [0.1, 0.15) is 12.8 Å². The third-order valence-corrected chi connectivity index (χ3v) is 7.23. The molecule has 0 aromatic carbocycles. The Balaban J connectivity index is 1.45. The summed E-state index contributed by atoms with van der Waals surface area (Å²) in [6, 6.07) is -0.690. The third-order valence-electron chi connectivity index (χ3n) is 5.84. The molecule has 2 aromatic rings. The van der Waals surface area contributed by atoms with E-state index < -0.39 is 35.1 Å². The average Bonchev–Trinajstić information content (AvgIpc) is 2.84. The van der Waals surface area contributed by atoms with Crippen molar-refractivity contribution in [1.29, 1.82) is 0 Å². The highest BCUT2D eigenvalue weighted by atomic mass is 35.5. The van der Waals surface area contributed by atoms with Gasteiger partial charge in [0.05, 0.1) is 17.0 Å². The van der Waals surface area contributed by atoms with Crippen LogP contribution >= 0.6 is 11.6 Å². The number of nitrogens with two attached hydrogens (primary N) is 1. The fourth-order valence-electron chi connectivity index (χ4n) is 4.43. The lowest BCUT2D eigenvalue weighted by Crippen LogP contribution is -2.68. The molecule has 0 amide bonds. The summed E-state index contributed by atoms with van der Waals surface area (Å²) < 4.78 is 63.9. The fourth-order valence-corrected chi connectivity index (χ4v) is 5.66. The van der Waals surface area contributed by atoms with Gasteiger partial charge in [0.2, 0.25) is 0 Å². The Bertz CT molecular complexity index is 1080. The standard InChI is InChI=1S/C16H20ClF3N6O3S/c1-24-4-10(17)12-13(24)22-8-23-14(12)25-6-15(7-25)2-9(3-15)26(30(21,28)29)5-11(27)16(18,19)20/h4,8-9,11,27H,2-3,5-7H2,1H3,(H2,21,28,29). The second-order valence-electron chi connectivity index (χ2n) is 8.07. The van der Waals surface area contributed by atoms with Crippen molar-refractivity contribution >= 4 is 38.7 Å². The van der Waals surface area contributed by atoms with Crippen LogP contribution in [-0.4, -0.2) is 70.3 Å². The lowest BCUT2D eigenvalue weighted by atomic mass is 9.60. The maximum Gasteiger partial charge on any atom is 0.415 e. The molecule has 1 saturated heterocycles. The first kappa shape index (κ1) is 21.6. The van der Waals surface area contributed by atoms with Gasteiger partial charge in [-0.1, -0.05) is 11.6 Å². The minimum Gasteiger partial charge on any atom is -0.382 e. The van der Waals surface area contributed by atoms with Crippen LogP contribution in [0.5, 0.6) is 0 Å². The lowest BCUT2D eigenvalue weighted by Gasteiger charge is -2.60. The van der Waals surface area contributed by atoms with Crippen LogP contribution in [0.2, 0.25) is 5.02 Å². The van der Waals surface area contributed by atoms with Crippen LogP contribution in [0, 0.1) is 5.41 Å².